The number of carbonyl (C=O) groups excluding carboxylic acids is 2. The first-order valence-corrected chi connectivity index (χ1v) is 6.91. The summed E-state index contributed by atoms with van der Waals surface area (Å²) in [5.74, 6) is -1.03. The highest BCUT2D eigenvalue weighted by atomic mass is 19.4. The SMILES string of the molecule is Cc1occc1C(=O)O[C@H](C)C(=O)Nc1ccc(C(F)(F)F)cc1. The minimum absolute atomic E-state index is 0.162. The van der Waals surface area contributed by atoms with E-state index in [2.05, 4.69) is 5.32 Å². The van der Waals surface area contributed by atoms with Crippen LogP contribution in [0, 0.1) is 6.92 Å². The van der Waals surface area contributed by atoms with E-state index in [-0.39, 0.29) is 11.3 Å². The van der Waals surface area contributed by atoms with Gasteiger partial charge < -0.3 is 14.5 Å². The Kier molecular flexibility index (Phi) is 4.96. The van der Waals surface area contributed by atoms with Crippen LogP contribution < -0.4 is 5.32 Å². The summed E-state index contributed by atoms with van der Waals surface area (Å²) in [6, 6.07) is 5.35. The van der Waals surface area contributed by atoms with E-state index in [0.717, 1.165) is 24.3 Å². The molecule has 2 rings (SSSR count). The van der Waals surface area contributed by atoms with Gasteiger partial charge >= 0.3 is 12.1 Å². The van der Waals surface area contributed by atoms with Gasteiger partial charge in [-0.1, -0.05) is 0 Å². The number of alkyl halides is 3. The standard InChI is InChI=1S/C16H14F3NO4/c1-9-13(7-8-23-9)15(22)24-10(2)14(21)20-12-5-3-11(4-6-12)16(17,18)19/h3-8,10H,1-2H3,(H,20,21)/t10-/m1/s1. The van der Waals surface area contributed by atoms with Crippen LogP contribution >= 0.6 is 0 Å². The summed E-state index contributed by atoms with van der Waals surface area (Å²) in [6.07, 6.45) is -4.26. The molecule has 0 radical (unpaired) electrons. The van der Waals surface area contributed by atoms with Crippen molar-refractivity contribution in [1.29, 1.82) is 0 Å². The molecular weight excluding hydrogens is 327 g/mol. The fourth-order valence-electron chi connectivity index (χ4n) is 1.86. The maximum Gasteiger partial charge on any atom is 0.416 e. The van der Waals surface area contributed by atoms with E-state index in [0.29, 0.717) is 5.76 Å². The largest absolute Gasteiger partial charge is 0.469 e. The fourth-order valence-corrected chi connectivity index (χ4v) is 1.86. The first-order chi connectivity index (χ1) is 11.2. The number of carbonyl (C=O) groups is 2. The van der Waals surface area contributed by atoms with Crippen molar-refractivity contribution in [3.8, 4) is 0 Å². The summed E-state index contributed by atoms with van der Waals surface area (Å²) < 4.78 is 47.4. The van der Waals surface area contributed by atoms with Gasteiger partial charge in [0, 0.05) is 5.69 Å². The molecule has 0 saturated heterocycles. The molecule has 1 amide bonds. The van der Waals surface area contributed by atoms with Crippen molar-refractivity contribution < 1.29 is 31.9 Å². The summed E-state index contributed by atoms with van der Waals surface area (Å²) in [4.78, 5) is 23.8. The highest BCUT2D eigenvalue weighted by Crippen LogP contribution is 2.29. The Morgan fingerprint density at radius 2 is 1.79 bits per heavy atom. The average Bonchev–Trinajstić information content (AvgIpc) is 2.93. The van der Waals surface area contributed by atoms with E-state index in [4.69, 9.17) is 9.15 Å². The lowest BCUT2D eigenvalue weighted by Gasteiger charge is -2.14. The molecule has 8 heteroatoms. The number of amides is 1. The van der Waals surface area contributed by atoms with Crippen LogP contribution in [-0.4, -0.2) is 18.0 Å². The second kappa shape index (κ2) is 6.77. The highest BCUT2D eigenvalue weighted by Gasteiger charge is 2.30. The van der Waals surface area contributed by atoms with Crippen molar-refractivity contribution >= 4 is 17.6 Å². The Morgan fingerprint density at radius 1 is 1.17 bits per heavy atom. The molecule has 0 bridgehead atoms. The third kappa shape index (κ3) is 4.15. The van der Waals surface area contributed by atoms with Gasteiger partial charge in [-0.25, -0.2) is 4.79 Å². The predicted molar refractivity (Wildman–Crippen MR) is 78.4 cm³/mol. The van der Waals surface area contributed by atoms with Crippen molar-refractivity contribution in [2.45, 2.75) is 26.1 Å². The van der Waals surface area contributed by atoms with Gasteiger partial charge in [-0.15, -0.1) is 0 Å². The average molecular weight is 341 g/mol. The molecule has 1 aromatic carbocycles. The number of anilines is 1. The van der Waals surface area contributed by atoms with Gasteiger partial charge in [0.15, 0.2) is 6.10 Å². The molecule has 128 valence electrons. The van der Waals surface area contributed by atoms with Crippen LogP contribution in [-0.2, 0) is 15.7 Å². The first-order valence-electron chi connectivity index (χ1n) is 6.91. The molecule has 0 aliphatic carbocycles. The molecule has 0 unspecified atom stereocenters. The van der Waals surface area contributed by atoms with Crippen molar-refractivity contribution in [2.75, 3.05) is 5.32 Å². The highest BCUT2D eigenvalue weighted by molar-refractivity contribution is 5.97. The van der Waals surface area contributed by atoms with Crippen LogP contribution in [0.2, 0.25) is 0 Å². The fraction of sp³-hybridized carbons (Fsp3) is 0.250. The number of hydrogen-bond acceptors (Lipinski definition) is 4. The lowest BCUT2D eigenvalue weighted by molar-refractivity contribution is -0.137. The maximum absolute atomic E-state index is 12.5. The van der Waals surface area contributed by atoms with Crippen molar-refractivity contribution in [1.82, 2.24) is 0 Å². The zero-order valence-corrected chi connectivity index (χ0v) is 12.8. The van der Waals surface area contributed by atoms with Crippen LogP contribution in [0.5, 0.6) is 0 Å². The second-order valence-electron chi connectivity index (χ2n) is 5.00. The Bertz CT molecular complexity index is 735. The molecule has 2 aromatic rings. The number of rotatable bonds is 4. The predicted octanol–water partition coefficient (Wildman–Crippen LogP) is 3.79. The third-order valence-electron chi connectivity index (χ3n) is 3.21. The van der Waals surface area contributed by atoms with E-state index in [9.17, 15) is 22.8 Å². The van der Waals surface area contributed by atoms with Gasteiger partial charge in [-0.2, -0.15) is 13.2 Å². The molecule has 5 nitrogen and oxygen atoms in total. The van der Waals surface area contributed by atoms with E-state index in [1.54, 1.807) is 6.92 Å². The molecule has 1 aromatic heterocycles. The van der Waals surface area contributed by atoms with E-state index in [1.807, 2.05) is 0 Å². The monoisotopic (exact) mass is 341 g/mol. The summed E-state index contributed by atoms with van der Waals surface area (Å²) in [7, 11) is 0. The smallest absolute Gasteiger partial charge is 0.416 e. The summed E-state index contributed by atoms with van der Waals surface area (Å²) in [6.45, 7) is 2.93. The van der Waals surface area contributed by atoms with Gasteiger partial charge in [-0.05, 0) is 44.2 Å². The normalized spacial score (nSPS) is 12.5. The van der Waals surface area contributed by atoms with E-state index >= 15 is 0 Å². The lowest BCUT2D eigenvalue weighted by atomic mass is 10.2. The van der Waals surface area contributed by atoms with E-state index < -0.39 is 29.7 Å². The number of ether oxygens (including phenoxy) is 1. The number of benzene rings is 1. The molecule has 0 spiro atoms. The molecule has 0 aliphatic heterocycles. The van der Waals surface area contributed by atoms with Crippen molar-refractivity contribution in [2.24, 2.45) is 0 Å². The molecule has 1 heterocycles. The summed E-state index contributed by atoms with van der Waals surface area (Å²) >= 11 is 0. The van der Waals surface area contributed by atoms with Crippen LogP contribution in [0.25, 0.3) is 0 Å². The van der Waals surface area contributed by atoms with Gasteiger partial charge in [0.05, 0.1) is 11.8 Å². The molecule has 1 atom stereocenters. The lowest BCUT2D eigenvalue weighted by Crippen LogP contribution is -2.30. The Hall–Kier alpha value is -2.77. The van der Waals surface area contributed by atoms with Crippen LogP contribution in [0.1, 0.15) is 28.6 Å². The molecule has 0 aliphatic rings. The van der Waals surface area contributed by atoms with Crippen molar-refractivity contribution in [3.05, 3.63) is 53.5 Å². The minimum atomic E-state index is -4.45. The summed E-state index contributed by atoms with van der Waals surface area (Å²) in [5.41, 5.74) is -0.463. The zero-order valence-electron chi connectivity index (χ0n) is 12.8. The Morgan fingerprint density at radius 3 is 2.29 bits per heavy atom. The van der Waals surface area contributed by atoms with Crippen LogP contribution in [0.15, 0.2) is 41.0 Å². The second-order valence-corrected chi connectivity index (χ2v) is 5.00. The number of halogens is 3. The number of nitrogens with one attached hydrogen (secondary N) is 1. The first kappa shape index (κ1) is 17.6. The van der Waals surface area contributed by atoms with Crippen LogP contribution in [0.3, 0.4) is 0 Å². The number of aryl methyl sites for hydroxylation is 1. The van der Waals surface area contributed by atoms with Gasteiger partial charge in [0.2, 0.25) is 0 Å². The van der Waals surface area contributed by atoms with Gasteiger partial charge in [0.25, 0.3) is 5.91 Å². The van der Waals surface area contributed by atoms with Gasteiger partial charge in [-0.3, -0.25) is 4.79 Å². The molecule has 0 saturated carbocycles. The third-order valence-corrected chi connectivity index (χ3v) is 3.21. The van der Waals surface area contributed by atoms with Crippen LogP contribution in [0.4, 0.5) is 18.9 Å². The zero-order chi connectivity index (χ0) is 17.9. The number of hydrogen-bond donors (Lipinski definition) is 1. The number of furan rings is 1. The quantitative estimate of drug-likeness (QED) is 0.859. The minimum Gasteiger partial charge on any atom is -0.469 e. The Labute approximate surface area is 135 Å². The molecule has 24 heavy (non-hydrogen) atoms. The van der Waals surface area contributed by atoms with E-state index in [1.165, 1.54) is 19.3 Å². The van der Waals surface area contributed by atoms with Gasteiger partial charge in [0.1, 0.15) is 11.3 Å². The molecular formula is C16H14F3NO4. The number of esters is 1. The Balaban J connectivity index is 1.96. The molecule has 1 N–H and O–H groups in total. The maximum atomic E-state index is 12.5. The summed E-state index contributed by atoms with van der Waals surface area (Å²) in [5, 5.41) is 2.38. The van der Waals surface area contributed by atoms with Crippen molar-refractivity contribution in [3.63, 3.8) is 0 Å². The molecule has 0 fully saturated rings. The topological polar surface area (TPSA) is 68.5 Å².